The van der Waals surface area contributed by atoms with Crippen molar-refractivity contribution in [3.8, 4) is 0 Å². The lowest BCUT2D eigenvalue weighted by atomic mass is 10.1. The number of rotatable bonds is 7. The summed E-state index contributed by atoms with van der Waals surface area (Å²) in [6, 6.07) is 14.2. The van der Waals surface area contributed by atoms with Crippen molar-refractivity contribution in [3.05, 3.63) is 66.6 Å². The molecule has 4 aromatic rings. The number of nitrogens with two attached hydrogens (primary N) is 2. The minimum absolute atomic E-state index is 0.262. The summed E-state index contributed by atoms with van der Waals surface area (Å²) in [6.07, 6.45) is 6.23. The monoisotopic (exact) mass is 456 g/mol. The second kappa shape index (κ2) is 9.46. The van der Waals surface area contributed by atoms with Crippen molar-refractivity contribution >= 4 is 39.9 Å². The fourth-order valence-corrected chi connectivity index (χ4v) is 4.15. The molecule has 1 atom stereocenters. The van der Waals surface area contributed by atoms with E-state index in [1.165, 1.54) is 5.01 Å². The van der Waals surface area contributed by atoms with Gasteiger partial charge in [0.05, 0.1) is 18.3 Å². The van der Waals surface area contributed by atoms with Crippen LogP contribution in [0.5, 0.6) is 0 Å². The molecule has 174 valence electrons. The van der Waals surface area contributed by atoms with Crippen LogP contribution in [0.1, 0.15) is 12.0 Å². The zero-order valence-corrected chi connectivity index (χ0v) is 19.0. The summed E-state index contributed by atoms with van der Waals surface area (Å²) in [6.45, 7) is 2.52. The van der Waals surface area contributed by atoms with Gasteiger partial charge >= 0.3 is 0 Å². The van der Waals surface area contributed by atoms with E-state index in [1.54, 1.807) is 18.6 Å². The number of benzene rings is 1. The molecule has 1 unspecified atom stereocenters. The van der Waals surface area contributed by atoms with Gasteiger partial charge in [-0.2, -0.15) is 0 Å². The summed E-state index contributed by atoms with van der Waals surface area (Å²) in [5, 5.41) is 9.32. The number of aromatic nitrogens is 4. The average molecular weight is 457 g/mol. The Morgan fingerprint density at radius 2 is 2.00 bits per heavy atom. The van der Waals surface area contributed by atoms with Gasteiger partial charge in [-0.1, -0.05) is 12.1 Å². The quantitative estimate of drug-likeness (QED) is 0.243. The minimum atomic E-state index is 0.262. The largest absolute Gasteiger partial charge is 0.381 e. The fourth-order valence-electron chi connectivity index (χ4n) is 4.15. The molecule has 5 rings (SSSR count). The number of pyridine rings is 2. The molecule has 10 nitrogen and oxygen atoms in total. The van der Waals surface area contributed by atoms with Gasteiger partial charge in [0.1, 0.15) is 5.82 Å². The van der Waals surface area contributed by atoms with Crippen LogP contribution in [0.2, 0.25) is 0 Å². The first-order chi connectivity index (χ1) is 16.5. The van der Waals surface area contributed by atoms with Crippen molar-refractivity contribution in [2.45, 2.75) is 19.0 Å². The molecule has 10 heteroatoms. The van der Waals surface area contributed by atoms with Gasteiger partial charge in [0.15, 0.2) is 17.5 Å². The average Bonchev–Trinajstić information content (AvgIpc) is 3.24. The number of likely N-dealkylation sites (tertiary alicyclic amines) is 1. The highest BCUT2D eigenvalue weighted by molar-refractivity contribution is 5.79. The molecule has 1 aliphatic heterocycles. The van der Waals surface area contributed by atoms with Crippen LogP contribution in [0, 0.1) is 0 Å². The van der Waals surface area contributed by atoms with Crippen molar-refractivity contribution in [1.29, 1.82) is 0 Å². The van der Waals surface area contributed by atoms with E-state index in [2.05, 4.69) is 48.6 Å². The number of hydrogen-bond donors (Lipinski definition) is 4. The molecule has 34 heavy (non-hydrogen) atoms. The second-order valence-electron chi connectivity index (χ2n) is 8.57. The smallest absolute Gasteiger partial charge is 0.188 e. The third-order valence-electron chi connectivity index (χ3n) is 5.85. The van der Waals surface area contributed by atoms with Gasteiger partial charge in [-0.25, -0.2) is 20.8 Å². The maximum atomic E-state index is 6.34. The number of anilines is 5. The van der Waals surface area contributed by atoms with E-state index in [-0.39, 0.29) is 5.82 Å². The van der Waals surface area contributed by atoms with Crippen molar-refractivity contribution in [2.75, 3.05) is 41.5 Å². The molecule has 1 saturated heterocycles. The lowest BCUT2D eigenvalue weighted by Crippen LogP contribution is -2.32. The van der Waals surface area contributed by atoms with E-state index >= 15 is 0 Å². The predicted molar refractivity (Wildman–Crippen MR) is 136 cm³/mol. The van der Waals surface area contributed by atoms with E-state index in [9.17, 15) is 0 Å². The maximum absolute atomic E-state index is 6.34. The van der Waals surface area contributed by atoms with E-state index in [0.717, 1.165) is 47.5 Å². The topological polar surface area (TPSA) is 134 Å². The molecule has 1 aliphatic rings. The Bertz CT molecular complexity index is 1290. The SMILES string of the molecule is CN1CCC(Nc2cc(Nc3cnc(N)c(N(N)Cc4ccc5ncccc5c4)n3)ccn2)C1. The Morgan fingerprint density at radius 1 is 1.09 bits per heavy atom. The summed E-state index contributed by atoms with van der Waals surface area (Å²) < 4.78 is 0. The van der Waals surface area contributed by atoms with Gasteiger partial charge in [0.25, 0.3) is 0 Å². The molecule has 0 saturated carbocycles. The number of hydrazine groups is 1. The lowest BCUT2D eigenvalue weighted by molar-refractivity contribution is 0.414. The van der Waals surface area contributed by atoms with Gasteiger partial charge in [-0.15, -0.1) is 0 Å². The predicted octanol–water partition coefficient (Wildman–Crippen LogP) is 2.74. The zero-order chi connectivity index (χ0) is 23.5. The van der Waals surface area contributed by atoms with E-state index in [4.69, 9.17) is 11.6 Å². The summed E-state index contributed by atoms with van der Waals surface area (Å²) in [5.41, 5.74) is 8.90. The Balaban J connectivity index is 1.30. The highest BCUT2D eigenvalue weighted by atomic mass is 15.4. The molecule has 0 amide bonds. The van der Waals surface area contributed by atoms with Crippen LogP contribution in [0.15, 0.2) is 61.1 Å². The second-order valence-corrected chi connectivity index (χ2v) is 8.57. The van der Waals surface area contributed by atoms with E-state index in [1.807, 2.05) is 36.4 Å². The number of fused-ring (bicyclic) bond motifs is 1. The van der Waals surface area contributed by atoms with Crippen LogP contribution in [-0.2, 0) is 6.54 Å². The van der Waals surface area contributed by atoms with Crippen molar-refractivity contribution in [1.82, 2.24) is 24.8 Å². The van der Waals surface area contributed by atoms with Crippen LogP contribution in [-0.4, -0.2) is 51.0 Å². The molecule has 0 bridgehead atoms. The van der Waals surface area contributed by atoms with Crippen molar-refractivity contribution in [2.24, 2.45) is 5.84 Å². The van der Waals surface area contributed by atoms with Crippen molar-refractivity contribution < 1.29 is 0 Å². The highest BCUT2D eigenvalue weighted by Gasteiger charge is 2.19. The normalized spacial score (nSPS) is 16.0. The molecule has 0 radical (unpaired) electrons. The van der Waals surface area contributed by atoms with Gasteiger partial charge < -0.3 is 21.3 Å². The molecule has 3 aromatic heterocycles. The number of nitrogens with one attached hydrogen (secondary N) is 2. The molecule has 0 spiro atoms. The Morgan fingerprint density at radius 3 is 2.85 bits per heavy atom. The van der Waals surface area contributed by atoms with Crippen LogP contribution in [0.4, 0.5) is 29.0 Å². The van der Waals surface area contributed by atoms with Crippen molar-refractivity contribution in [3.63, 3.8) is 0 Å². The summed E-state index contributed by atoms with van der Waals surface area (Å²) >= 11 is 0. The molecular formula is C24H28N10. The van der Waals surface area contributed by atoms with Crippen LogP contribution in [0.3, 0.4) is 0 Å². The first-order valence-electron chi connectivity index (χ1n) is 11.2. The molecule has 4 heterocycles. The van der Waals surface area contributed by atoms with Crippen LogP contribution < -0.4 is 27.2 Å². The Kier molecular flexibility index (Phi) is 6.07. The molecule has 0 aliphatic carbocycles. The van der Waals surface area contributed by atoms with Gasteiger partial charge in [-0.3, -0.25) is 9.99 Å². The standard InChI is InChI=1S/C24H28N10/c1-33-10-7-19(15-33)31-21-12-18(6-9-28-21)30-22-13-29-23(25)24(32-22)34(26)14-16-4-5-20-17(11-16)3-2-8-27-20/h2-6,8-9,11-13,19H,7,10,14-15,26H2,1H3,(H2,25,29)(H2,28,30,31,32). The fraction of sp³-hybridized carbons (Fsp3) is 0.250. The highest BCUT2D eigenvalue weighted by Crippen LogP contribution is 2.24. The number of nitrogen functional groups attached to an aromatic ring is 1. The van der Waals surface area contributed by atoms with Gasteiger partial charge in [-0.05, 0) is 49.8 Å². The van der Waals surface area contributed by atoms with Gasteiger partial charge in [0, 0.05) is 42.1 Å². The number of nitrogens with zero attached hydrogens (tertiary/aromatic N) is 6. The first kappa shape index (κ1) is 21.8. The molecule has 1 fully saturated rings. The number of hydrogen-bond acceptors (Lipinski definition) is 10. The Hall–Kier alpha value is -4.02. The lowest BCUT2D eigenvalue weighted by Gasteiger charge is -2.20. The Labute approximate surface area is 198 Å². The maximum Gasteiger partial charge on any atom is 0.188 e. The van der Waals surface area contributed by atoms with Crippen LogP contribution in [0.25, 0.3) is 10.9 Å². The van der Waals surface area contributed by atoms with Gasteiger partial charge in [0.2, 0.25) is 0 Å². The summed E-state index contributed by atoms with van der Waals surface area (Å²) in [7, 11) is 2.13. The molecule has 6 N–H and O–H groups in total. The third kappa shape index (κ3) is 4.98. The minimum Gasteiger partial charge on any atom is -0.381 e. The molecular weight excluding hydrogens is 428 g/mol. The van der Waals surface area contributed by atoms with E-state index < -0.39 is 0 Å². The summed E-state index contributed by atoms with van der Waals surface area (Å²) in [4.78, 5) is 20.0. The third-order valence-corrected chi connectivity index (χ3v) is 5.85. The summed E-state index contributed by atoms with van der Waals surface area (Å²) in [5.74, 6) is 8.37. The molecule has 1 aromatic carbocycles. The zero-order valence-electron chi connectivity index (χ0n) is 19.0. The van der Waals surface area contributed by atoms with Crippen LogP contribution >= 0.6 is 0 Å². The first-order valence-corrected chi connectivity index (χ1v) is 11.2. The van der Waals surface area contributed by atoms with E-state index in [0.29, 0.717) is 24.2 Å². The number of likely N-dealkylation sites (N-methyl/N-ethyl adjacent to an activating group) is 1.